The zero-order valence-corrected chi connectivity index (χ0v) is 8.80. The summed E-state index contributed by atoms with van der Waals surface area (Å²) >= 11 is 0. The third kappa shape index (κ3) is 6.94. The Morgan fingerprint density at radius 3 is 2.27 bits per heavy atom. The van der Waals surface area contributed by atoms with Gasteiger partial charge in [-0.1, -0.05) is 5.92 Å². The van der Waals surface area contributed by atoms with E-state index in [2.05, 4.69) is 40.3 Å². The number of ketones is 1. The fourth-order valence-electron chi connectivity index (χ4n) is 0.480. The van der Waals surface area contributed by atoms with Crippen LogP contribution in [0.25, 0.3) is 0 Å². The van der Waals surface area contributed by atoms with Crippen molar-refractivity contribution in [3.05, 3.63) is 0 Å². The van der Waals surface area contributed by atoms with Crippen molar-refractivity contribution in [1.82, 2.24) is 0 Å². The molecular formula is C12H10O3. The van der Waals surface area contributed by atoms with Gasteiger partial charge in [-0.05, 0) is 44.5 Å². The van der Waals surface area contributed by atoms with Gasteiger partial charge >= 0.3 is 5.97 Å². The first-order valence-electron chi connectivity index (χ1n) is 4.21. The minimum atomic E-state index is -0.768. The van der Waals surface area contributed by atoms with E-state index in [9.17, 15) is 9.59 Å². The Hall–Kier alpha value is -2.18. The van der Waals surface area contributed by atoms with E-state index < -0.39 is 12.1 Å². The van der Waals surface area contributed by atoms with Crippen molar-refractivity contribution in [3.8, 4) is 35.5 Å². The van der Waals surface area contributed by atoms with Gasteiger partial charge in [-0.25, -0.2) is 4.79 Å². The van der Waals surface area contributed by atoms with Crippen LogP contribution in [0.1, 0.15) is 20.8 Å². The molecule has 0 aromatic heterocycles. The second kappa shape index (κ2) is 7.25. The molecule has 0 aliphatic heterocycles. The van der Waals surface area contributed by atoms with Gasteiger partial charge in [0, 0.05) is 5.92 Å². The summed E-state index contributed by atoms with van der Waals surface area (Å²) < 4.78 is 4.65. The van der Waals surface area contributed by atoms with Gasteiger partial charge < -0.3 is 4.74 Å². The summed E-state index contributed by atoms with van der Waals surface area (Å²) in [5.74, 6) is 13.2. The number of carbonyl (C=O) groups excluding carboxylic acids is 2. The van der Waals surface area contributed by atoms with Crippen LogP contribution in [-0.4, -0.2) is 17.9 Å². The number of ether oxygens (including phenoxy) is 1. The molecule has 3 heteroatoms. The van der Waals surface area contributed by atoms with Gasteiger partial charge in [0.1, 0.15) is 0 Å². The quantitative estimate of drug-likeness (QED) is 0.373. The van der Waals surface area contributed by atoms with Crippen LogP contribution in [0.2, 0.25) is 0 Å². The van der Waals surface area contributed by atoms with E-state index in [0.29, 0.717) is 0 Å². The minimum absolute atomic E-state index is 0.229. The van der Waals surface area contributed by atoms with Crippen molar-refractivity contribution < 1.29 is 14.3 Å². The molecule has 0 aromatic carbocycles. The molecule has 0 bridgehead atoms. The zero-order chi connectivity index (χ0) is 11.7. The summed E-state index contributed by atoms with van der Waals surface area (Å²) in [6, 6.07) is 0. The average Bonchev–Trinajstić information content (AvgIpc) is 2.17. The van der Waals surface area contributed by atoms with E-state index in [1.54, 1.807) is 6.92 Å². The van der Waals surface area contributed by atoms with Crippen LogP contribution in [0.5, 0.6) is 0 Å². The van der Waals surface area contributed by atoms with Gasteiger partial charge in [-0.15, -0.1) is 0 Å². The highest BCUT2D eigenvalue weighted by Crippen LogP contribution is 1.91. The maximum atomic E-state index is 10.9. The third-order valence-electron chi connectivity index (χ3n) is 1.33. The van der Waals surface area contributed by atoms with E-state index in [1.165, 1.54) is 13.8 Å². The van der Waals surface area contributed by atoms with Gasteiger partial charge in [0.2, 0.25) is 0 Å². The molecular weight excluding hydrogens is 192 g/mol. The van der Waals surface area contributed by atoms with Crippen molar-refractivity contribution >= 4 is 11.8 Å². The molecule has 15 heavy (non-hydrogen) atoms. The van der Waals surface area contributed by atoms with E-state index in [4.69, 9.17) is 0 Å². The predicted molar refractivity (Wildman–Crippen MR) is 55.2 cm³/mol. The predicted octanol–water partition coefficient (Wildman–Crippen LogP) is 0.537. The molecule has 0 radical (unpaired) electrons. The molecule has 0 aliphatic rings. The molecule has 0 amide bonds. The highest BCUT2D eigenvalue weighted by atomic mass is 16.5. The summed E-state index contributed by atoms with van der Waals surface area (Å²) in [6.45, 7) is 4.46. The van der Waals surface area contributed by atoms with E-state index in [0.717, 1.165) is 0 Å². The number of esters is 1. The number of Topliss-reactive ketones (excluding diaryl/α,β-unsaturated/α-hetero) is 1. The smallest absolute Gasteiger partial charge is 0.386 e. The number of carbonyl (C=O) groups is 2. The Morgan fingerprint density at radius 1 is 1.13 bits per heavy atom. The standard InChI is InChI=1S/C12H10O3/c1-4-5-6-7-8-9-12(14)15-11(3)10(2)13/h11H,1-3H3/t11-/m1/s1. The van der Waals surface area contributed by atoms with E-state index in [-0.39, 0.29) is 5.78 Å². The Balaban J connectivity index is 4.20. The molecule has 0 spiro atoms. The van der Waals surface area contributed by atoms with Gasteiger partial charge in [-0.3, -0.25) is 4.79 Å². The highest BCUT2D eigenvalue weighted by Gasteiger charge is 2.10. The Kier molecular flexibility index (Phi) is 6.19. The molecule has 0 aromatic rings. The molecule has 0 rings (SSSR count). The first kappa shape index (κ1) is 12.8. The zero-order valence-electron chi connectivity index (χ0n) is 8.80. The Bertz CT molecular complexity index is 427. The number of rotatable bonds is 2. The van der Waals surface area contributed by atoms with Crippen LogP contribution >= 0.6 is 0 Å². The van der Waals surface area contributed by atoms with Crippen molar-refractivity contribution in [2.24, 2.45) is 0 Å². The average molecular weight is 202 g/mol. The van der Waals surface area contributed by atoms with Crippen molar-refractivity contribution in [3.63, 3.8) is 0 Å². The van der Waals surface area contributed by atoms with Crippen LogP contribution in [-0.2, 0) is 14.3 Å². The van der Waals surface area contributed by atoms with Crippen molar-refractivity contribution in [1.29, 1.82) is 0 Å². The first-order chi connectivity index (χ1) is 7.07. The summed E-state index contributed by atoms with van der Waals surface area (Å²) in [5.41, 5.74) is 0. The van der Waals surface area contributed by atoms with Crippen LogP contribution in [0.3, 0.4) is 0 Å². The molecule has 0 saturated carbocycles. The van der Waals surface area contributed by atoms with Crippen molar-refractivity contribution in [2.45, 2.75) is 26.9 Å². The minimum Gasteiger partial charge on any atom is -0.445 e. The fourth-order valence-corrected chi connectivity index (χ4v) is 0.480. The molecule has 76 valence electrons. The molecule has 3 nitrogen and oxygen atoms in total. The summed E-state index contributed by atoms with van der Waals surface area (Å²) in [4.78, 5) is 21.7. The first-order valence-corrected chi connectivity index (χ1v) is 4.21. The Morgan fingerprint density at radius 2 is 1.73 bits per heavy atom. The lowest BCUT2D eigenvalue weighted by Gasteiger charge is -2.05. The summed E-state index contributed by atoms with van der Waals surface area (Å²) in [6.07, 6.45) is -0.768. The maximum absolute atomic E-state index is 10.9. The van der Waals surface area contributed by atoms with Crippen LogP contribution in [0, 0.1) is 35.5 Å². The van der Waals surface area contributed by atoms with Gasteiger partial charge in [-0.2, -0.15) is 0 Å². The largest absolute Gasteiger partial charge is 0.445 e. The second-order valence-corrected chi connectivity index (χ2v) is 2.53. The lowest BCUT2D eigenvalue weighted by molar-refractivity contribution is -0.147. The second-order valence-electron chi connectivity index (χ2n) is 2.53. The fraction of sp³-hybridized carbons (Fsp3) is 0.333. The normalized spacial score (nSPS) is 9.00. The lowest BCUT2D eigenvalue weighted by atomic mass is 10.3. The molecule has 1 atom stereocenters. The van der Waals surface area contributed by atoms with Gasteiger partial charge in [0.25, 0.3) is 0 Å². The van der Waals surface area contributed by atoms with Crippen molar-refractivity contribution in [2.75, 3.05) is 0 Å². The van der Waals surface area contributed by atoms with Crippen LogP contribution in [0.4, 0.5) is 0 Å². The molecule has 0 fully saturated rings. The maximum Gasteiger partial charge on any atom is 0.386 e. The number of hydrogen-bond acceptors (Lipinski definition) is 3. The molecule has 0 saturated heterocycles. The summed E-state index contributed by atoms with van der Waals surface area (Å²) in [5, 5.41) is 0. The van der Waals surface area contributed by atoms with E-state index in [1.807, 2.05) is 0 Å². The number of hydrogen-bond donors (Lipinski definition) is 0. The summed E-state index contributed by atoms with van der Waals surface area (Å²) in [7, 11) is 0. The molecule has 0 N–H and O–H groups in total. The Labute approximate surface area is 89.2 Å². The van der Waals surface area contributed by atoms with Gasteiger partial charge in [0.05, 0.1) is 0 Å². The monoisotopic (exact) mass is 202 g/mol. The molecule has 0 aliphatic carbocycles. The van der Waals surface area contributed by atoms with E-state index >= 15 is 0 Å². The van der Waals surface area contributed by atoms with Crippen LogP contribution < -0.4 is 0 Å². The molecule has 0 unspecified atom stereocenters. The third-order valence-corrected chi connectivity index (χ3v) is 1.33. The highest BCUT2D eigenvalue weighted by molar-refractivity contribution is 5.91. The van der Waals surface area contributed by atoms with Gasteiger partial charge in [0.15, 0.2) is 11.9 Å². The lowest BCUT2D eigenvalue weighted by Crippen LogP contribution is -2.20. The molecule has 0 heterocycles. The SMILES string of the molecule is CC#CC#CC#CC(=O)O[C@H](C)C(C)=O. The topological polar surface area (TPSA) is 43.4 Å². The van der Waals surface area contributed by atoms with Crippen LogP contribution in [0.15, 0.2) is 0 Å².